The first-order valence-corrected chi connectivity index (χ1v) is 12.2. The standard InChI is InChI=1S/C22H20ClN3O2S2/c1-2-13-8-19-17(11-18(13)23)14(9-21(27)28-19)12-30-22-25-24-20(26(22)15-5-6-15)10-16-4-3-7-29-16/h3-4,7-9,11,15H,2,5-6,10,12H2,1H3. The molecule has 154 valence electrons. The summed E-state index contributed by atoms with van der Waals surface area (Å²) >= 11 is 9.78. The predicted molar refractivity (Wildman–Crippen MR) is 122 cm³/mol. The van der Waals surface area contributed by atoms with Crippen LogP contribution in [-0.4, -0.2) is 14.8 Å². The van der Waals surface area contributed by atoms with E-state index in [0.717, 1.165) is 53.2 Å². The van der Waals surface area contributed by atoms with Crippen LogP contribution in [0.1, 0.15) is 47.6 Å². The minimum absolute atomic E-state index is 0.343. The molecular formula is C22H20ClN3O2S2. The van der Waals surface area contributed by atoms with Crippen molar-refractivity contribution in [2.75, 3.05) is 0 Å². The van der Waals surface area contributed by atoms with Crippen LogP contribution >= 0.6 is 34.7 Å². The quantitative estimate of drug-likeness (QED) is 0.256. The first-order chi connectivity index (χ1) is 14.6. The molecular weight excluding hydrogens is 438 g/mol. The average Bonchev–Trinajstić information content (AvgIpc) is 3.28. The number of aromatic nitrogens is 3. The van der Waals surface area contributed by atoms with Crippen molar-refractivity contribution in [3.8, 4) is 0 Å². The number of hydrogen-bond acceptors (Lipinski definition) is 6. The minimum Gasteiger partial charge on any atom is -0.423 e. The molecule has 3 heterocycles. The Morgan fingerprint density at radius 3 is 2.87 bits per heavy atom. The topological polar surface area (TPSA) is 60.9 Å². The van der Waals surface area contributed by atoms with Crippen molar-refractivity contribution in [2.45, 2.75) is 49.6 Å². The van der Waals surface area contributed by atoms with Gasteiger partial charge >= 0.3 is 5.63 Å². The zero-order valence-corrected chi connectivity index (χ0v) is 18.8. The highest BCUT2D eigenvalue weighted by molar-refractivity contribution is 7.98. The molecule has 1 fully saturated rings. The number of aryl methyl sites for hydroxylation is 1. The van der Waals surface area contributed by atoms with Crippen molar-refractivity contribution in [3.05, 3.63) is 73.0 Å². The molecule has 1 aromatic carbocycles. The van der Waals surface area contributed by atoms with Gasteiger partial charge in [-0.15, -0.1) is 21.5 Å². The lowest BCUT2D eigenvalue weighted by Gasteiger charge is -2.10. The summed E-state index contributed by atoms with van der Waals surface area (Å²) in [6, 6.07) is 10.0. The van der Waals surface area contributed by atoms with Gasteiger partial charge in [0.1, 0.15) is 11.4 Å². The molecule has 0 saturated heterocycles. The molecule has 5 nitrogen and oxygen atoms in total. The van der Waals surface area contributed by atoms with E-state index >= 15 is 0 Å². The van der Waals surface area contributed by atoms with Gasteiger partial charge in [-0.05, 0) is 54.0 Å². The smallest absolute Gasteiger partial charge is 0.336 e. The van der Waals surface area contributed by atoms with Gasteiger partial charge in [0, 0.05) is 39.6 Å². The second kappa shape index (κ2) is 8.21. The molecule has 0 atom stereocenters. The Hall–Kier alpha value is -2.09. The average molecular weight is 458 g/mol. The third-order valence-corrected chi connectivity index (χ3v) is 7.51. The number of rotatable bonds is 7. The van der Waals surface area contributed by atoms with Gasteiger partial charge in [-0.25, -0.2) is 4.79 Å². The lowest BCUT2D eigenvalue weighted by Crippen LogP contribution is -2.04. The number of thioether (sulfide) groups is 1. The van der Waals surface area contributed by atoms with E-state index in [-0.39, 0.29) is 5.63 Å². The van der Waals surface area contributed by atoms with Gasteiger partial charge in [0.25, 0.3) is 0 Å². The van der Waals surface area contributed by atoms with Crippen LogP contribution in [0.25, 0.3) is 11.0 Å². The van der Waals surface area contributed by atoms with Crippen molar-refractivity contribution < 1.29 is 4.42 Å². The van der Waals surface area contributed by atoms with Crippen molar-refractivity contribution in [1.29, 1.82) is 0 Å². The maximum Gasteiger partial charge on any atom is 0.336 e. The van der Waals surface area contributed by atoms with Crippen LogP contribution in [0.5, 0.6) is 0 Å². The number of nitrogens with zero attached hydrogens (tertiary/aromatic N) is 3. The third-order valence-electron chi connectivity index (χ3n) is 5.29. The molecule has 0 amide bonds. The molecule has 1 aliphatic carbocycles. The Balaban J connectivity index is 1.45. The van der Waals surface area contributed by atoms with Crippen LogP contribution in [0.3, 0.4) is 0 Å². The molecule has 3 aromatic heterocycles. The fourth-order valence-corrected chi connectivity index (χ4v) is 5.63. The van der Waals surface area contributed by atoms with Gasteiger partial charge < -0.3 is 8.98 Å². The fraction of sp³-hybridized carbons (Fsp3) is 0.318. The summed E-state index contributed by atoms with van der Waals surface area (Å²) in [7, 11) is 0. The Labute approximate surface area is 187 Å². The van der Waals surface area contributed by atoms with E-state index in [4.69, 9.17) is 16.0 Å². The summed E-state index contributed by atoms with van der Waals surface area (Å²) < 4.78 is 7.71. The zero-order chi connectivity index (χ0) is 20.7. The number of benzene rings is 1. The third kappa shape index (κ3) is 3.94. The van der Waals surface area contributed by atoms with Crippen LogP contribution in [0.4, 0.5) is 0 Å². The summed E-state index contributed by atoms with van der Waals surface area (Å²) in [6.45, 7) is 2.03. The van der Waals surface area contributed by atoms with E-state index < -0.39 is 0 Å². The fourth-order valence-electron chi connectivity index (χ4n) is 3.62. The van der Waals surface area contributed by atoms with E-state index in [9.17, 15) is 4.79 Å². The molecule has 1 aliphatic rings. The summed E-state index contributed by atoms with van der Waals surface area (Å²) in [5, 5.41) is 13.5. The number of thiophene rings is 1. The molecule has 0 N–H and O–H groups in total. The van der Waals surface area contributed by atoms with Crippen molar-refractivity contribution in [2.24, 2.45) is 0 Å². The zero-order valence-electron chi connectivity index (χ0n) is 16.4. The minimum atomic E-state index is -0.343. The second-order valence-corrected chi connectivity index (χ2v) is 9.81. The highest BCUT2D eigenvalue weighted by Gasteiger charge is 2.29. The molecule has 1 saturated carbocycles. The first kappa shape index (κ1) is 19.8. The van der Waals surface area contributed by atoms with Gasteiger partial charge in [-0.2, -0.15) is 0 Å². The molecule has 30 heavy (non-hydrogen) atoms. The van der Waals surface area contributed by atoms with Gasteiger partial charge in [0.05, 0.1) is 0 Å². The number of fused-ring (bicyclic) bond motifs is 1. The van der Waals surface area contributed by atoms with Crippen LogP contribution in [0.2, 0.25) is 5.02 Å². The Bertz CT molecular complexity index is 1260. The van der Waals surface area contributed by atoms with Gasteiger partial charge in [-0.3, -0.25) is 0 Å². The Kier molecular flexibility index (Phi) is 5.43. The van der Waals surface area contributed by atoms with E-state index in [2.05, 4.69) is 32.3 Å². The summed E-state index contributed by atoms with van der Waals surface area (Å²) in [5.74, 6) is 1.61. The van der Waals surface area contributed by atoms with Crippen LogP contribution < -0.4 is 5.63 Å². The molecule has 0 aliphatic heterocycles. The largest absolute Gasteiger partial charge is 0.423 e. The van der Waals surface area contributed by atoms with Crippen LogP contribution in [-0.2, 0) is 18.6 Å². The lowest BCUT2D eigenvalue weighted by molar-refractivity contribution is 0.559. The van der Waals surface area contributed by atoms with Crippen LogP contribution in [0, 0.1) is 0 Å². The van der Waals surface area contributed by atoms with Crippen molar-refractivity contribution in [1.82, 2.24) is 14.8 Å². The van der Waals surface area contributed by atoms with Gasteiger partial charge in [-0.1, -0.05) is 36.4 Å². The molecule has 0 radical (unpaired) electrons. The van der Waals surface area contributed by atoms with Gasteiger partial charge in [0.2, 0.25) is 0 Å². The maximum atomic E-state index is 12.1. The SMILES string of the molecule is CCc1cc2oc(=O)cc(CSc3nnc(Cc4cccs4)n3C3CC3)c2cc1Cl. The van der Waals surface area contributed by atoms with Crippen molar-refractivity contribution in [3.63, 3.8) is 0 Å². The van der Waals surface area contributed by atoms with Gasteiger partial charge in [0.15, 0.2) is 5.16 Å². The first-order valence-electron chi connectivity index (χ1n) is 9.96. The van der Waals surface area contributed by atoms with E-state index in [0.29, 0.717) is 22.4 Å². The van der Waals surface area contributed by atoms with Crippen molar-refractivity contribution >= 4 is 45.7 Å². The van der Waals surface area contributed by atoms with E-state index in [1.807, 2.05) is 19.1 Å². The summed E-state index contributed by atoms with van der Waals surface area (Å²) in [6.07, 6.45) is 3.91. The molecule has 4 aromatic rings. The second-order valence-electron chi connectivity index (χ2n) is 7.43. The molecule has 8 heteroatoms. The Morgan fingerprint density at radius 1 is 1.27 bits per heavy atom. The summed E-state index contributed by atoms with van der Waals surface area (Å²) in [4.78, 5) is 13.4. The summed E-state index contributed by atoms with van der Waals surface area (Å²) in [5.41, 5.74) is 2.12. The normalized spacial score (nSPS) is 13.9. The predicted octanol–water partition coefficient (Wildman–Crippen LogP) is 5.88. The monoisotopic (exact) mass is 457 g/mol. The molecule has 5 rings (SSSR count). The maximum absolute atomic E-state index is 12.1. The van der Waals surface area contributed by atoms with Crippen LogP contribution in [0.15, 0.2) is 50.1 Å². The molecule has 0 unspecified atom stereocenters. The van der Waals surface area contributed by atoms with E-state index in [1.165, 1.54) is 4.88 Å². The van der Waals surface area contributed by atoms with E-state index in [1.54, 1.807) is 29.2 Å². The Morgan fingerprint density at radius 2 is 2.13 bits per heavy atom. The highest BCUT2D eigenvalue weighted by atomic mass is 35.5. The highest BCUT2D eigenvalue weighted by Crippen LogP contribution is 2.40. The number of hydrogen-bond donors (Lipinski definition) is 0. The number of halogens is 1. The molecule has 0 bridgehead atoms. The lowest BCUT2D eigenvalue weighted by atomic mass is 10.1. The molecule has 0 spiro atoms.